The Morgan fingerprint density at radius 2 is 0.802 bits per heavy atom. The third-order valence-corrected chi connectivity index (χ3v) is 19.0. The number of benzene rings is 3. The van der Waals surface area contributed by atoms with Crippen molar-refractivity contribution in [1.29, 1.82) is 10.5 Å². The molecule has 0 radical (unpaired) electrons. The minimum atomic E-state index is -2.75. The van der Waals surface area contributed by atoms with Gasteiger partial charge in [-0.25, -0.2) is 73.5 Å². The second-order valence-corrected chi connectivity index (χ2v) is 27.0. The lowest BCUT2D eigenvalue weighted by atomic mass is 9.99. The average molecular weight is 1590 g/mol. The van der Waals surface area contributed by atoms with Crippen LogP contribution in [-0.2, 0) is 87.4 Å². The Labute approximate surface area is 629 Å². The Kier molecular flexibility index (Phi) is 24.9. The maximum absolute atomic E-state index is 14.2. The van der Waals surface area contributed by atoms with E-state index >= 15 is 0 Å². The number of amides is 12. The van der Waals surface area contributed by atoms with Gasteiger partial charge in [-0.2, -0.15) is 25.8 Å². The van der Waals surface area contributed by atoms with Gasteiger partial charge in [0.2, 0.25) is 0 Å². The van der Waals surface area contributed by atoms with Crippen molar-refractivity contribution < 1.29 is 102 Å². The molecule has 6 aromatic rings. The van der Waals surface area contributed by atoms with Crippen LogP contribution in [0.4, 0.5) is 75.3 Å². The number of rotatable bonds is 12. The Morgan fingerprint density at radius 1 is 0.495 bits per heavy atom. The highest BCUT2D eigenvalue weighted by Crippen LogP contribution is 2.35. The molecule has 6 aliphatic heterocycles. The molecule has 1 unspecified atom stereocenters. The smallest absolute Gasteiger partial charge is 0.322 e. The molecule has 592 valence electrons. The lowest BCUT2D eigenvalue weighted by Crippen LogP contribution is -2.45. The molecule has 3 aromatic heterocycles. The minimum Gasteiger partial charge on any atom is -0.338 e. The van der Waals surface area contributed by atoms with Crippen molar-refractivity contribution in [1.82, 2.24) is 73.9 Å². The van der Waals surface area contributed by atoms with Crippen molar-refractivity contribution in [3.05, 3.63) is 139 Å². The summed E-state index contributed by atoms with van der Waals surface area (Å²) in [7, 11) is 7.54. The van der Waals surface area contributed by atoms with Gasteiger partial charge in [-0.05, 0) is 63.2 Å². The number of halogens is 11. The minimum absolute atomic E-state index is 0.00739. The number of alkyl halides is 6. The van der Waals surface area contributed by atoms with E-state index in [1.807, 2.05) is 0 Å². The van der Waals surface area contributed by atoms with E-state index in [9.17, 15) is 87.1 Å². The fourth-order valence-electron chi connectivity index (χ4n) is 13.0. The fourth-order valence-corrected chi connectivity index (χ4v) is 13.2. The molecule has 32 nitrogen and oxygen atoms in total. The highest BCUT2D eigenvalue weighted by molar-refractivity contribution is 6.31. The van der Waals surface area contributed by atoms with Gasteiger partial charge in [0.25, 0.3) is 54.7 Å². The summed E-state index contributed by atoms with van der Waals surface area (Å²) in [5.74, 6) is -7.47. The maximum Gasteiger partial charge on any atom is 0.322 e. The van der Waals surface area contributed by atoms with E-state index in [-0.39, 0.29) is 108 Å². The second kappa shape index (κ2) is 33.7. The molecule has 3 aromatic carbocycles. The van der Waals surface area contributed by atoms with Crippen LogP contribution in [0.15, 0.2) is 48.5 Å². The quantitative estimate of drug-likeness (QED) is 0.0831. The van der Waals surface area contributed by atoms with Gasteiger partial charge in [0, 0.05) is 114 Å². The molecule has 0 saturated carbocycles. The van der Waals surface area contributed by atoms with Gasteiger partial charge < -0.3 is 45.3 Å². The summed E-state index contributed by atoms with van der Waals surface area (Å²) >= 11 is 5.70. The Hall–Kier alpha value is -11.6. The SMILES string of the molecule is C[C@@H]1Cc2nn3c(c2CN1C(=O)Nc1cc(Cl)c(F)cc1F)C(=O)N(C)OC(C(=O)N(C)CC(F)F)C3.C[C@@H]1Cc2nn3c(c2CN1C(=O)Nc1ccc(F)c(C#N)c1)C(=O)N(C)O[C@@H](C(=O)N(C)CC(F)F)C3.C[C@@H]1Cc2nn3c(c2CN1C(=O)Nc1ccc(F)c(C#N)c1)C(=O)N(C)O[C@H](C(=O)N(C)CC(F)F)C3. The summed E-state index contributed by atoms with van der Waals surface area (Å²) in [6, 6.07) is 9.33. The molecule has 9 heterocycles. The van der Waals surface area contributed by atoms with Crippen LogP contribution in [0.3, 0.4) is 0 Å². The third-order valence-electron chi connectivity index (χ3n) is 18.7. The summed E-state index contributed by atoms with van der Waals surface area (Å²) < 4.78 is 135. The zero-order chi connectivity index (χ0) is 81.2. The lowest BCUT2D eigenvalue weighted by Gasteiger charge is -2.33. The monoisotopic (exact) mass is 1580 g/mol. The zero-order valence-electron chi connectivity index (χ0n) is 60.5. The van der Waals surface area contributed by atoms with E-state index in [4.69, 9.17) is 36.6 Å². The van der Waals surface area contributed by atoms with E-state index in [0.29, 0.717) is 52.7 Å². The number of aromatic nitrogens is 6. The number of hydrogen-bond donors (Lipinski definition) is 3. The molecule has 0 fully saturated rings. The van der Waals surface area contributed by atoms with E-state index < -0.39 is 140 Å². The third kappa shape index (κ3) is 17.8. The van der Waals surface area contributed by atoms with Gasteiger partial charge >= 0.3 is 18.1 Å². The van der Waals surface area contributed by atoms with Crippen LogP contribution in [0.1, 0.15) is 97.1 Å². The summed E-state index contributed by atoms with van der Waals surface area (Å²) in [5, 5.41) is 41.3. The number of nitriles is 2. The average Bonchev–Trinajstić information content (AvgIpc) is 1.62. The van der Waals surface area contributed by atoms with Crippen LogP contribution in [0.5, 0.6) is 0 Å². The number of hydroxylamine groups is 6. The normalized spacial score (nSPS) is 19.2. The summed E-state index contributed by atoms with van der Waals surface area (Å²) in [5.41, 5.74) is 3.03. The van der Waals surface area contributed by atoms with Crippen molar-refractivity contribution in [3.63, 3.8) is 0 Å². The Balaban J connectivity index is 0.000000177. The van der Waals surface area contributed by atoms with Gasteiger partial charge in [0.05, 0.1) is 97.8 Å². The first-order valence-electron chi connectivity index (χ1n) is 33.8. The first-order chi connectivity index (χ1) is 52.4. The fraction of sp³-hybridized carbons (Fsp3) is 0.441. The number of urea groups is 3. The number of carbonyl (C=O) groups excluding carboxylic acids is 9. The van der Waals surface area contributed by atoms with Crippen molar-refractivity contribution >= 4 is 82.2 Å². The maximum atomic E-state index is 14.2. The molecule has 12 rings (SSSR count). The molecule has 0 saturated heterocycles. The lowest BCUT2D eigenvalue weighted by molar-refractivity contribution is -0.177. The highest BCUT2D eigenvalue weighted by Gasteiger charge is 2.45. The van der Waals surface area contributed by atoms with Gasteiger partial charge in [-0.3, -0.25) is 57.3 Å². The molecular formula is C68H71ClF10N20O12. The van der Waals surface area contributed by atoms with E-state index in [1.165, 1.54) is 95.3 Å². The molecule has 12 amide bonds. The largest absolute Gasteiger partial charge is 0.338 e. The van der Waals surface area contributed by atoms with Crippen LogP contribution in [-0.4, -0.2) is 245 Å². The number of carbonyl (C=O) groups is 9. The van der Waals surface area contributed by atoms with Gasteiger partial charge in [-0.15, -0.1) is 0 Å². The van der Waals surface area contributed by atoms with Crippen molar-refractivity contribution in [3.8, 4) is 12.1 Å². The molecule has 6 atom stereocenters. The Morgan fingerprint density at radius 3 is 1.10 bits per heavy atom. The van der Waals surface area contributed by atoms with Gasteiger partial charge in [-0.1, -0.05) is 11.6 Å². The van der Waals surface area contributed by atoms with Crippen molar-refractivity contribution in [2.75, 3.05) is 77.9 Å². The first kappa shape index (κ1) is 81.9. The molecule has 0 bridgehead atoms. The van der Waals surface area contributed by atoms with Crippen LogP contribution in [0, 0.1) is 45.9 Å². The van der Waals surface area contributed by atoms with Gasteiger partial charge in [0.1, 0.15) is 52.5 Å². The summed E-state index contributed by atoms with van der Waals surface area (Å²) in [4.78, 5) is 140. The summed E-state index contributed by atoms with van der Waals surface area (Å²) in [6.07, 6.45) is -11.2. The highest BCUT2D eigenvalue weighted by atomic mass is 35.5. The number of nitrogens with zero attached hydrogens (tertiary/aromatic N) is 17. The van der Waals surface area contributed by atoms with Crippen molar-refractivity contribution in [2.24, 2.45) is 0 Å². The number of likely N-dealkylation sites (N-methyl/N-ethyl adjacent to an activating group) is 3. The predicted molar refractivity (Wildman–Crippen MR) is 365 cm³/mol. The van der Waals surface area contributed by atoms with E-state index in [0.717, 1.165) is 48.1 Å². The van der Waals surface area contributed by atoms with Crippen LogP contribution < -0.4 is 16.0 Å². The van der Waals surface area contributed by atoms with Gasteiger partial charge in [0.15, 0.2) is 18.3 Å². The molecule has 111 heavy (non-hydrogen) atoms. The number of nitrogens with one attached hydrogen (secondary N) is 3. The van der Waals surface area contributed by atoms with Crippen LogP contribution in [0.2, 0.25) is 5.02 Å². The van der Waals surface area contributed by atoms with E-state index in [1.54, 1.807) is 32.9 Å². The molecule has 0 aliphatic carbocycles. The van der Waals surface area contributed by atoms with Crippen molar-refractivity contribution in [2.45, 2.75) is 135 Å². The van der Waals surface area contributed by atoms with Crippen LogP contribution >= 0.6 is 11.6 Å². The summed E-state index contributed by atoms with van der Waals surface area (Å²) in [6.45, 7) is 2.28. The first-order valence-corrected chi connectivity index (χ1v) is 34.2. The Bertz CT molecular complexity index is 4570. The number of anilines is 3. The number of hydrogen-bond acceptors (Lipinski definition) is 17. The standard InChI is InChI=1S/2C23H24F3N7O4.C22H23ClF4N6O4/c2*1-12-6-17-15(9-32(12)23(36)28-14-4-5-16(24)13(7-14)8-27)20-22(35)31(3)37-18(10-33(20)29-17)21(34)30(2)11-19(25)26;1-10-4-15-11(7-32(10)22(36)28-16-5-12(23)13(24)6-14(16)25)19-21(35)31(3)37-17(8-33(19)29-15)20(34)30(2)9-18(26)27/h2*4-5,7,12,18-19H,6,9-11H2,1-3H3,(H,28,36);5-6,10,17-18H,4,7-9H2,1-3H3,(H,28,36)/t12-,18+;12-,18-;10-,17?/m111/s1. The second-order valence-electron chi connectivity index (χ2n) is 26.6. The molecule has 6 aliphatic rings. The molecule has 0 spiro atoms. The van der Waals surface area contributed by atoms with E-state index in [2.05, 4.69) is 31.2 Å². The zero-order valence-corrected chi connectivity index (χ0v) is 61.2. The van der Waals surface area contributed by atoms with Crippen LogP contribution in [0.25, 0.3) is 0 Å². The predicted octanol–water partition coefficient (Wildman–Crippen LogP) is 6.87. The molecular weight excluding hydrogens is 1510 g/mol. The topological polar surface area (TPSA) is 348 Å². The molecule has 3 N–H and O–H groups in total. The molecule has 43 heteroatoms. The number of fused-ring (bicyclic) bond motifs is 9.